The van der Waals surface area contributed by atoms with E-state index in [1.165, 1.54) is 6.42 Å². The standard InChI is InChI=1S/C16H28N2O3/c1-16(2,3)15(20)21-18-11-7-13(8-12-18)14(19)17-9-5-4-6-10-17/h13H,4-12H2,1-3H3. The Balaban J connectivity index is 1.77. The molecule has 2 fully saturated rings. The van der Waals surface area contributed by atoms with Crippen LogP contribution in [0.3, 0.4) is 0 Å². The van der Waals surface area contributed by atoms with Crippen LogP contribution in [0, 0.1) is 11.3 Å². The van der Waals surface area contributed by atoms with E-state index in [9.17, 15) is 9.59 Å². The fraction of sp³-hybridized carbons (Fsp3) is 0.875. The average Bonchev–Trinajstić information content (AvgIpc) is 2.47. The predicted molar refractivity (Wildman–Crippen MR) is 80.3 cm³/mol. The summed E-state index contributed by atoms with van der Waals surface area (Å²) >= 11 is 0. The van der Waals surface area contributed by atoms with E-state index in [-0.39, 0.29) is 11.9 Å². The van der Waals surface area contributed by atoms with E-state index in [0.29, 0.717) is 19.0 Å². The van der Waals surface area contributed by atoms with Gasteiger partial charge in [-0.15, -0.1) is 5.06 Å². The molecule has 0 aliphatic carbocycles. The monoisotopic (exact) mass is 296 g/mol. The minimum absolute atomic E-state index is 0.104. The minimum atomic E-state index is -0.486. The molecule has 0 radical (unpaired) electrons. The largest absolute Gasteiger partial charge is 0.367 e. The Morgan fingerprint density at radius 3 is 2.05 bits per heavy atom. The van der Waals surface area contributed by atoms with Crippen molar-refractivity contribution in [2.45, 2.75) is 52.9 Å². The van der Waals surface area contributed by atoms with Crippen LogP contribution in [0.15, 0.2) is 0 Å². The molecule has 2 aliphatic heterocycles. The van der Waals surface area contributed by atoms with Crippen LogP contribution in [0.2, 0.25) is 0 Å². The summed E-state index contributed by atoms with van der Waals surface area (Å²) in [6.45, 7) is 8.69. The maximum atomic E-state index is 12.4. The van der Waals surface area contributed by atoms with E-state index < -0.39 is 5.41 Å². The summed E-state index contributed by atoms with van der Waals surface area (Å²) < 4.78 is 0. The zero-order chi connectivity index (χ0) is 15.5. The van der Waals surface area contributed by atoms with E-state index in [1.54, 1.807) is 5.06 Å². The summed E-state index contributed by atoms with van der Waals surface area (Å²) in [6, 6.07) is 0. The Labute approximate surface area is 127 Å². The first-order chi connectivity index (χ1) is 9.88. The van der Waals surface area contributed by atoms with Gasteiger partial charge in [0.05, 0.1) is 5.41 Å². The van der Waals surface area contributed by atoms with Gasteiger partial charge in [-0.3, -0.25) is 4.79 Å². The molecule has 0 aromatic rings. The average molecular weight is 296 g/mol. The molecular weight excluding hydrogens is 268 g/mol. The molecule has 0 unspecified atom stereocenters. The first-order valence-corrected chi connectivity index (χ1v) is 8.14. The molecule has 2 saturated heterocycles. The quantitative estimate of drug-likeness (QED) is 0.784. The van der Waals surface area contributed by atoms with Crippen molar-refractivity contribution in [3.8, 4) is 0 Å². The Morgan fingerprint density at radius 2 is 1.52 bits per heavy atom. The van der Waals surface area contributed by atoms with E-state index >= 15 is 0 Å². The second kappa shape index (κ2) is 6.77. The maximum absolute atomic E-state index is 12.4. The van der Waals surface area contributed by atoms with Crippen LogP contribution in [0.4, 0.5) is 0 Å². The molecule has 0 atom stereocenters. The van der Waals surface area contributed by atoms with Gasteiger partial charge >= 0.3 is 5.97 Å². The van der Waals surface area contributed by atoms with Gasteiger partial charge in [-0.1, -0.05) is 0 Å². The Hall–Kier alpha value is -1.10. The molecule has 5 nitrogen and oxygen atoms in total. The molecule has 2 heterocycles. The SMILES string of the molecule is CC(C)(C)C(=O)ON1CCC(C(=O)N2CCCCC2)CC1. The molecule has 2 rings (SSSR count). The van der Waals surface area contributed by atoms with Crippen molar-refractivity contribution >= 4 is 11.9 Å². The number of likely N-dealkylation sites (tertiary alicyclic amines) is 1. The van der Waals surface area contributed by atoms with Crippen molar-refractivity contribution in [1.29, 1.82) is 0 Å². The highest BCUT2D eigenvalue weighted by Gasteiger charge is 2.32. The van der Waals surface area contributed by atoms with Gasteiger partial charge < -0.3 is 9.74 Å². The zero-order valence-corrected chi connectivity index (χ0v) is 13.6. The molecule has 0 bridgehead atoms. The van der Waals surface area contributed by atoms with E-state index in [0.717, 1.165) is 38.8 Å². The van der Waals surface area contributed by atoms with E-state index in [4.69, 9.17) is 4.84 Å². The summed E-state index contributed by atoms with van der Waals surface area (Å²) in [4.78, 5) is 31.7. The first kappa shape index (κ1) is 16.3. The van der Waals surface area contributed by atoms with Crippen LogP contribution in [0.1, 0.15) is 52.9 Å². The number of carbonyl (C=O) groups excluding carboxylic acids is 2. The highest BCUT2D eigenvalue weighted by atomic mass is 16.7. The predicted octanol–water partition coefficient (Wildman–Crippen LogP) is 2.22. The highest BCUT2D eigenvalue weighted by molar-refractivity contribution is 5.79. The van der Waals surface area contributed by atoms with Gasteiger partial charge in [-0.25, -0.2) is 4.79 Å². The van der Waals surface area contributed by atoms with E-state index in [2.05, 4.69) is 0 Å². The van der Waals surface area contributed by atoms with Gasteiger partial charge in [0, 0.05) is 32.1 Å². The third-order valence-electron chi connectivity index (χ3n) is 4.30. The van der Waals surface area contributed by atoms with Crippen LogP contribution in [-0.4, -0.2) is 48.0 Å². The van der Waals surface area contributed by atoms with Crippen LogP contribution in [0.25, 0.3) is 0 Å². The first-order valence-electron chi connectivity index (χ1n) is 8.14. The van der Waals surface area contributed by atoms with Crippen molar-refractivity contribution in [2.24, 2.45) is 11.3 Å². The van der Waals surface area contributed by atoms with Crippen molar-refractivity contribution < 1.29 is 14.4 Å². The van der Waals surface area contributed by atoms with Crippen molar-refractivity contribution in [2.75, 3.05) is 26.2 Å². The maximum Gasteiger partial charge on any atom is 0.330 e. The molecule has 120 valence electrons. The number of piperidine rings is 2. The summed E-state index contributed by atoms with van der Waals surface area (Å²) in [7, 11) is 0. The molecule has 0 N–H and O–H groups in total. The summed E-state index contributed by atoms with van der Waals surface area (Å²) in [5, 5.41) is 1.72. The fourth-order valence-electron chi connectivity index (χ4n) is 2.82. The van der Waals surface area contributed by atoms with Crippen LogP contribution in [-0.2, 0) is 14.4 Å². The number of hydrogen-bond acceptors (Lipinski definition) is 4. The molecule has 0 aromatic heterocycles. The van der Waals surface area contributed by atoms with Crippen LogP contribution >= 0.6 is 0 Å². The lowest BCUT2D eigenvalue weighted by atomic mass is 9.95. The topological polar surface area (TPSA) is 49.9 Å². The number of nitrogens with zero attached hydrogens (tertiary/aromatic N) is 2. The molecule has 2 aliphatic rings. The zero-order valence-electron chi connectivity index (χ0n) is 13.6. The normalized spacial score (nSPS) is 22.1. The Morgan fingerprint density at radius 1 is 0.952 bits per heavy atom. The van der Waals surface area contributed by atoms with Gasteiger partial charge in [0.1, 0.15) is 0 Å². The second-order valence-electron chi connectivity index (χ2n) is 7.22. The fourth-order valence-corrected chi connectivity index (χ4v) is 2.82. The molecule has 0 aromatic carbocycles. The molecule has 0 spiro atoms. The third kappa shape index (κ3) is 4.43. The van der Waals surface area contributed by atoms with Crippen LogP contribution in [0.5, 0.6) is 0 Å². The third-order valence-corrected chi connectivity index (χ3v) is 4.30. The molecule has 21 heavy (non-hydrogen) atoms. The van der Waals surface area contributed by atoms with Gasteiger partial charge in [-0.2, -0.15) is 0 Å². The Bertz CT molecular complexity index is 375. The summed E-state index contributed by atoms with van der Waals surface area (Å²) in [6.07, 6.45) is 5.08. The number of hydrogen-bond donors (Lipinski definition) is 0. The molecule has 1 amide bonds. The number of amides is 1. The van der Waals surface area contributed by atoms with Crippen LogP contribution < -0.4 is 0 Å². The van der Waals surface area contributed by atoms with Gasteiger partial charge in [0.2, 0.25) is 5.91 Å². The lowest BCUT2D eigenvalue weighted by molar-refractivity contribution is -0.206. The summed E-state index contributed by atoms with van der Waals surface area (Å²) in [5.41, 5.74) is -0.486. The molecular formula is C16H28N2O3. The molecule has 0 saturated carbocycles. The smallest absolute Gasteiger partial charge is 0.330 e. The lowest BCUT2D eigenvalue weighted by Gasteiger charge is -2.35. The van der Waals surface area contributed by atoms with Crippen molar-refractivity contribution in [1.82, 2.24) is 9.96 Å². The van der Waals surface area contributed by atoms with Crippen molar-refractivity contribution in [3.63, 3.8) is 0 Å². The molecule has 5 heteroatoms. The minimum Gasteiger partial charge on any atom is -0.367 e. The number of carbonyl (C=O) groups is 2. The van der Waals surface area contributed by atoms with E-state index in [1.807, 2.05) is 25.7 Å². The number of hydroxylamine groups is 2. The summed E-state index contributed by atoms with van der Waals surface area (Å²) in [5.74, 6) is 0.201. The second-order valence-corrected chi connectivity index (χ2v) is 7.22. The van der Waals surface area contributed by atoms with Crippen molar-refractivity contribution in [3.05, 3.63) is 0 Å². The number of rotatable bonds is 2. The Kier molecular flexibility index (Phi) is 5.25. The lowest BCUT2D eigenvalue weighted by Crippen LogP contribution is -2.45. The van der Waals surface area contributed by atoms with Gasteiger partial charge in [-0.05, 0) is 52.9 Å². The van der Waals surface area contributed by atoms with Gasteiger partial charge in [0.15, 0.2) is 0 Å². The van der Waals surface area contributed by atoms with Gasteiger partial charge in [0.25, 0.3) is 0 Å². The highest BCUT2D eigenvalue weighted by Crippen LogP contribution is 2.23.